The van der Waals surface area contributed by atoms with E-state index in [0.29, 0.717) is 0 Å². The van der Waals surface area contributed by atoms with E-state index < -0.39 is 46.6 Å². The lowest BCUT2D eigenvalue weighted by Crippen LogP contribution is -2.48. The van der Waals surface area contributed by atoms with E-state index >= 15 is 0 Å². The summed E-state index contributed by atoms with van der Waals surface area (Å²) >= 11 is 0. The van der Waals surface area contributed by atoms with E-state index in [4.69, 9.17) is 14.2 Å². The monoisotopic (exact) mass is 508 g/mol. The van der Waals surface area contributed by atoms with Gasteiger partial charge >= 0.3 is 17.9 Å². The van der Waals surface area contributed by atoms with Crippen molar-refractivity contribution in [3.8, 4) is 5.75 Å². The van der Waals surface area contributed by atoms with Crippen LogP contribution in [0.5, 0.6) is 5.75 Å². The Balaban J connectivity index is 1.97. The maximum absolute atomic E-state index is 13.2. The van der Waals surface area contributed by atoms with Gasteiger partial charge in [-0.1, -0.05) is 36.4 Å². The summed E-state index contributed by atoms with van der Waals surface area (Å²) < 4.78 is 15.4. The fourth-order valence-corrected chi connectivity index (χ4v) is 3.12. The first-order valence-electron chi connectivity index (χ1n) is 10.6. The number of anilines is 1. The van der Waals surface area contributed by atoms with Gasteiger partial charge in [0.15, 0.2) is 0 Å². The Morgan fingerprint density at radius 1 is 0.838 bits per heavy atom. The lowest BCUT2D eigenvalue weighted by Gasteiger charge is -2.24. The van der Waals surface area contributed by atoms with Crippen LogP contribution in [0.4, 0.5) is 11.4 Å². The van der Waals surface area contributed by atoms with E-state index in [1.165, 1.54) is 61.7 Å². The van der Waals surface area contributed by atoms with Gasteiger partial charge in [-0.3, -0.25) is 14.9 Å². The van der Waals surface area contributed by atoms with Crippen LogP contribution in [0.2, 0.25) is 0 Å². The highest BCUT2D eigenvalue weighted by molar-refractivity contribution is 6.02. The summed E-state index contributed by atoms with van der Waals surface area (Å²) in [5, 5.41) is 23.2. The molecule has 0 aliphatic rings. The van der Waals surface area contributed by atoms with Crippen LogP contribution in [0, 0.1) is 10.1 Å². The molecule has 12 heteroatoms. The number of amides is 1. The Morgan fingerprint density at radius 2 is 1.35 bits per heavy atom. The van der Waals surface area contributed by atoms with Crippen molar-refractivity contribution in [2.45, 2.75) is 12.2 Å². The molecule has 2 N–H and O–H groups in total. The first-order valence-corrected chi connectivity index (χ1v) is 10.6. The molecule has 37 heavy (non-hydrogen) atoms. The fraction of sp³-hybridized carbons (Fsp3) is 0.120. The quantitative estimate of drug-likeness (QED) is 0.235. The predicted octanol–water partition coefficient (Wildman–Crippen LogP) is 3.08. The normalized spacial score (nSPS) is 11.9. The second-order valence-corrected chi connectivity index (χ2v) is 7.35. The molecule has 0 aliphatic carbocycles. The SMILES string of the molecule is COc1ccc([N+](=O)[O-])cc1NC(=O)[C@@H](OC(=O)c1ccccc1)[C@@H](OC(=O)c1ccccc1)C(=O)O. The van der Waals surface area contributed by atoms with Gasteiger partial charge in [-0.2, -0.15) is 0 Å². The van der Waals surface area contributed by atoms with Crippen LogP contribution in [-0.2, 0) is 19.1 Å². The summed E-state index contributed by atoms with van der Waals surface area (Å²) in [7, 11) is 1.24. The first kappa shape index (κ1) is 26.3. The van der Waals surface area contributed by atoms with Crippen molar-refractivity contribution in [1.29, 1.82) is 0 Å². The zero-order valence-corrected chi connectivity index (χ0v) is 19.2. The van der Waals surface area contributed by atoms with Crippen molar-refractivity contribution in [1.82, 2.24) is 0 Å². The van der Waals surface area contributed by atoms with Gasteiger partial charge < -0.3 is 24.6 Å². The van der Waals surface area contributed by atoms with Gasteiger partial charge in [0, 0.05) is 12.1 Å². The average Bonchev–Trinajstić information content (AvgIpc) is 2.91. The summed E-state index contributed by atoms with van der Waals surface area (Å²) in [6.45, 7) is 0. The number of nitro groups is 1. The van der Waals surface area contributed by atoms with Gasteiger partial charge in [-0.05, 0) is 30.3 Å². The highest BCUT2D eigenvalue weighted by atomic mass is 16.6. The van der Waals surface area contributed by atoms with Crippen molar-refractivity contribution in [2.24, 2.45) is 0 Å². The van der Waals surface area contributed by atoms with Crippen LogP contribution in [0.3, 0.4) is 0 Å². The van der Waals surface area contributed by atoms with Crippen LogP contribution < -0.4 is 10.1 Å². The largest absolute Gasteiger partial charge is 0.495 e. The molecule has 0 saturated carbocycles. The molecule has 0 bridgehead atoms. The van der Waals surface area contributed by atoms with Crippen LogP contribution in [0.15, 0.2) is 78.9 Å². The van der Waals surface area contributed by atoms with Crippen LogP contribution in [0.25, 0.3) is 0 Å². The number of carboxylic acids is 1. The highest BCUT2D eigenvalue weighted by Gasteiger charge is 2.41. The summed E-state index contributed by atoms with van der Waals surface area (Å²) in [5.41, 5.74) is -0.630. The van der Waals surface area contributed by atoms with Crippen LogP contribution in [0.1, 0.15) is 20.7 Å². The summed E-state index contributed by atoms with van der Waals surface area (Å²) in [5.74, 6) is -5.18. The van der Waals surface area contributed by atoms with Gasteiger partial charge in [-0.15, -0.1) is 0 Å². The van der Waals surface area contributed by atoms with Crippen molar-refractivity contribution >= 4 is 35.2 Å². The lowest BCUT2D eigenvalue weighted by atomic mass is 10.1. The Kier molecular flexibility index (Phi) is 8.49. The van der Waals surface area contributed by atoms with Crippen LogP contribution >= 0.6 is 0 Å². The van der Waals surface area contributed by atoms with Gasteiger partial charge in [0.25, 0.3) is 11.6 Å². The van der Waals surface area contributed by atoms with Crippen molar-refractivity contribution < 1.29 is 43.4 Å². The number of carboxylic acid groups (broad SMARTS) is 1. The van der Waals surface area contributed by atoms with E-state index in [1.807, 2.05) is 0 Å². The number of ether oxygens (including phenoxy) is 3. The Hall–Kier alpha value is -5.26. The van der Waals surface area contributed by atoms with Crippen molar-refractivity contribution in [2.75, 3.05) is 12.4 Å². The molecule has 0 heterocycles. The third-order valence-corrected chi connectivity index (χ3v) is 4.92. The van der Waals surface area contributed by atoms with Crippen molar-refractivity contribution in [3.63, 3.8) is 0 Å². The first-order chi connectivity index (χ1) is 17.7. The molecular weight excluding hydrogens is 488 g/mol. The van der Waals surface area contributed by atoms with Gasteiger partial charge in [0.1, 0.15) is 5.75 Å². The topological polar surface area (TPSA) is 171 Å². The van der Waals surface area contributed by atoms with Gasteiger partial charge in [0.2, 0.25) is 12.2 Å². The average molecular weight is 508 g/mol. The molecule has 0 aliphatic heterocycles. The number of methoxy groups -OCH3 is 1. The number of esters is 2. The number of carbonyl (C=O) groups is 4. The molecule has 0 unspecified atom stereocenters. The Bertz CT molecular complexity index is 1310. The third-order valence-electron chi connectivity index (χ3n) is 4.92. The lowest BCUT2D eigenvalue weighted by molar-refractivity contribution is -0.384. The van der Waals surface area contributed by atoms with Crippen molar-refractivity contribution in [3.05, 3.63) is 100 Å². The number of nitro benzene ring substituents is 1. The minimum atomic E-state index is -2.27. The Labute approximate surface area is 209 Å². The number of carbonyl (C=O) groups excluding carboxylic acids is 3. The molecule has 1 amide bonds. The number of aliphatic carboxylic acids is 1. The minimum absolute atomic E-state index is 0.000223. The molecule has 3 aromatic carbocycles. The molecule has 190 valence electrons. The molecule has 2 atom stereocenters. The standard InChI is InChI=1S/C25H20N2O10/c1-35-19-13-12-17(27(33)34)14-18(19)26-22(28)20(36-24(31)15-8-4-2-5-9-15)21(23(29)30)37-25(32)16-10-6-3-7-11-16/h2-14,20-21H,1H3,(H,26,28)(H,29,30)/t20-,21+/m0/s1. The number of nitrogens with one attached hydrogen (secondary N) is 1. The van der Waals surface area contributed by atoms with E-state index in [-0.39, 0.29) is 22.6 Å². The molecule has 0 spiro atoms. The molecule has 3 aromatic rings. The molecule has 12 nitrogen and oxygen atoms in total. The number of hydrogen-bond donors (Lipinski definition) is 2. The zero-order chi connectivity index (χ0) is 26.9. The molecule has 0 saturated heterocycles. The van der Waals surface area contributed by atoms with Crippen LogP contribution in [-0.4, -0.2) is 53.2 Å². The highest BCUT2D eigenvalue weighted by Crippen LogP contribution is 2.29. The number of rotatable bonds is 10. The van der Waals surface area contributed by atoms with E-state index in [9.17, 15) is 34.4 Å². The predicted molar refractivity (Wildman–Crippen MR) is 127 cm³/mol. The number of benzene rings is 3. The Morgan fingerprint density at radius 3 is 1.81 bits per heavy atom. The molecule has 0 radical (unpaired) electrons. The molecular formula is C25H20N2O10. The van der Waals surface area contributed by atoms with Gasteiger partial charge in [0.05, 0.1) is 28.8 Å². The number of non-ortho nitro benzene ring substituents is 1. The van der Waals surface area contributed by atoms with E-state index in [1.54, 1.807) is 12.1 Å². The zero-order valence-electron chi connectivity index (χ0n) is 19.2. The second kappa shape index (κ2) is 11.9. The molecule has 3 rings (SSSR count). The molecule has 0 aromatic heterocycles. The summed E-state index contributed by atoms with van der Waals surface area (Å²) in [4.78, 5) is 61.0. The van der Waals surface area contributed by atoms with E-state index in [0.717, 1.165) is 12.1 Å². The van der Waals surface area contributed by atoms with E-state index in [2.05, 4.69) is 5.32 Å². The number of hydrogen-bond acceptors (Lipinski definition) is 9. The summed E-state index contributed by atoms with van der Waals surface area (Å²) in [6.07, 6.45) is -4.47. The number of nitrogens with zero attached hydrogens (tertiary/aromatic N) is 1. The second-order valence-electron chi connectivity index (χ2n) is 7.35. The third kappa shape index (κ3) is 6.66. The summed E-state index contributed by atoms with van der Waals surface area (Å²) in [6, 6.07) is 18.1. The minimum Gasteiger partial charge on any atom is -0.495 e. The smallest absolute Gasteiger partial charge is 0.349 e. The molecule has 0 fully saturated rings. The maximum Gasteiger partial charge on any atom is 0.349 e. The fourth-order valence-electron chi connectivity index (χ4n) is 3.12. The maximum atomic E-state index is 13.2. The van der Waals surface area contributed by atoms with Gasteiger partial charge in [-0.25, -0.2) is 14.4 Å².